The molecule has 1 aromatic heterocycles. The average Bonchev–Trinajstić information content (AvgIpc) is 2.74. The van der Waals surface area contributed by atoms with E-state index in [-0.39, 0.29) is 6.10 Å². The number of rotatable bonds is 8. The molecule has 0 aliphatic heterocycles. The molecule has 1 unspecified atom stereocenters. The first kappa shape index (κ1) is 14.6. The van der Waals surface area contributed by atoms with Crippen LogP contribution in [0, 0.1) is 0 Å². The van der Waals surface area contributed by atoms with E-state index in [1.807, 2.05) is 0 Å². The molecule has 0 spiro atoms. The minimum absolute atomic E-state index is 0.158. The Morgan fingerprint density at radius 3 is 2.65 bits per heavy atom. The number of aromatic nitrogens is 1. The second kappa shape index (κ2) is 7.80. The molecule has 0 bridgehead atoms. The lowest BCUT2D eigenvalue weighted by atomic mass is 10.2. The molecule has 0 aromatic carbocycles. The molecular formula is C13H24N2OS. The third kappa shape index (κ3) is 4.05. The molecule has 4 heteroatoms. The van der Waals surface area contributed by atoms with Crippen LogP contribution in [0.5, 0.6) is 0 Å². The van der Waals surface area contributed by atoms with Gasteiger partial charge in [-0.2, -0.15) is 0 Å². The summed E-state index contributed by atoms with van der Waals surface area (Å²) in [5.74, 6) is 0. The summed E-state index contributed by atoms with van der Waals surface area (Å²) in [6, 6.07) is 0. The number of aryl methyl sites for hydroxylation is 1. The molecule has 0 fully saturated rings. The summed E-state index contributed by atoms with van der Waals surface area (Å²) in [4.78, 5) is 6.07. The monoisotopic (exact) mass is 256 g/mol. The van der Waals surface area contributed by atoms with Gasteiger partial charge in [0.25, 0.3) is 0 Å². The number of hydrogen-bond donors (Lipinski definition) is 1. The van der Waals surface area contributed by atoms with E-state index in [4.69, 9.17) is 9.72 Å². The molecule has 0 saturated carbocycles. The predicted molar refractivity (Wildman–Crippen MR) is 73.5 cm³/mol. The minimum Gasteiger partial charge on any atom is -0.374 e. The van der Waals surface area contributed by atoms with Crippen molar-refractivity contribution in [2.75, 3.05) is 13.7 Å². The first-order valence-corrected chi connectivity index (χ1v) is 7.30. The maximum atomic E-state index is 5.45. The molecule has 17 heavy (non-hydrogen) atoms. The van der Waals surface area contributed by atoms with Crippen molar-refractivity contribution in [2.45, 2.75) is 52.7 Å². The Morgan fingerprint density at radius 2 is 2.12 bits per heavy atom. The van der Waals surface area contributed by atoms with Gasteiger partial charge in [-0.05, 0) is 25.8 Å². The smallest absolute Gasteiger partial charge is 0.122 e. The highest BCUT2D eigenvalue weighted by Crippen LogP contribution is 2.28. The second-order valence-corrected chi connectivity index (χ2v) is 5.20. The highest BCUT2D eigenvalue weighted by atomic mass is 32.1. The molecule has 3 nitrogen and oxygen atoms in total. The summed E-state index contributed by atoms with van der Waals surface area (Å²) in [5, 5.41) is 4.57. The van der Waals surface area contributed by atoms with Crippen LogP contribution in [-0.2, 0) is 17.7 Å². The number of nitrogens with one attached hydrogen (secondary N) is 1. The van der Waals surface area contributed by atoms with E-state index in [0.717, 1.165) is 30.9 Å². The summed E-state index contributed by atoms with van der Waals surface area (Å²) in [7, 11) is 1.76. The number of ether oxygens (including phenoxy) is 1. The third-order valence-electron chi connectivity index (χ3n) is 2.77. The van der Waals surface area contributed by atoms with Gasteiger partial charge in [0.15, 0.2) is 0 Å². The largest absolute Gasteiger partial charge is 0.374 e. The van der Waals surface area contributed by atoms with E-state index in [1.54, 1.807) is 18.4 Å². The van der Waals surface area contributed by atoms with Crippen LogP contribution in [-0.4, -0.2) is 18.6 Å². The van der Waals surface area contributed by atoms with Gasteiger partial charge in [-0.15, -0.1) is 11.3 Å². The molecule has 1 aromatic rings. The van der Waals surface area contributed by atoms with Crippen LogP contribution in [0.4, 0.5) is 0 Å². The first-order valence-electron chi connectivity index (χ1n) is 6.48. The molecule has 1 N–H and O–H groups in total. The Balaban J connectivity index is 2.75. The van der Waals surface area contributed by atoms with Crippen LogP contribution in [0.3, 0.4) is 0 Å². The number of thiazole rings is 1. The normalized spacial score (nSPS) is 12.9. The van der Waals surface area contributed by atoms with Crippen LogP contribution in [0.25, 0.3) is 0 Å². The summed E-state index contributed by atoms with van der Waals surface area (Å²) >= 11 is 1.79. The molecule has 98 valence electrons. The van der Waals surface area contributed by atoms with Crippen molar-refractivity contribution in [2.24, 2.45) is 0 Å². The van der Waals surface area contributed by atoms with Gasteiger partial charge in [-0.25, -0.2) is 4.98 Å². The summed E-state index contributed by atoms with van der Waals surface area (Å²) in [6.07, 6.45) is 3.31. The topological polar surface area (TPSA) is 34.1 Å². The zero-order valence-electron chi connectivity index (χ0n) is 11.4. The summed E-state index contributed by atoms with van der Waals surface area (Å²) < 4.78 is 5.45. The SMILES string of the molecule is CCCNCc1sc(C(CC)OC)nc1CC. The minimum atomic E-state index is 0.158. The number of methoxy groups -OCH3 is 1. The van der Waals surface area contributed by atoms with Gasteiger partial charge < -0.3 is 10.1 Å². The van der Waals surface area contributed by atoms with E-state index in [9.17, 15) is 0 Å². The van der Waals surface area contributed by atoms with Gasteiger partial charge in [0.2, 0.25) is 0 Å². The molecule has 1 atom stereocenters. The molecular weight excluding hydrogens is 232 g/mol. The Kier molecular flexibility index (Phi) is 6.70. The lowest BCUT2D eigenvalue weighted by Crippen LogP contribution is -2.13. The van der Waals surface area contributed by atoms with E-state index < -0.39 is 0 Å². The average molecular weight is 256 g/mol. The molecule has 0 aliphatic carbocycles. The molecule has 0 amide bonds. The van der Waals surface area contributed by atoms with Crippen molar-refractivity contribution >= 4 is 11.3 Å². The summed E-state index contributed by atoms with van der Waals surface area (Å²) in [5.41, 5.74) is 1.23. The third-order valence-corrected chi connectivity index (χ3v) is 3.96. The van der Waals surface area contributed by atoms with Gasteiger partial charge in [-0.3, -0.25) is 0 Å². The second-order valence-electron chi connectivity index (χ2n) is 4.08. The van der Waals surface area contributed by atoms with Crippen molar-refractivity contribution in [1.29, 1.82) is 0 Å². The summed E-state index contributed by atoms with van der Waals surface area (Å²) in [6.45, 7) is 8.49. The van der Waals surface area contributed by atoms with E-state index >= 15 is 0 Å². The number of nitrogens with zero attached hydrogens (tertiary/aromatic N) is 1. The standard InChI is InChI=1S/C13H24N2OS/c1-5-8-14-9-12-10(6-2)15-13(17-12)11(7-3)16-4/h11,14H,5-9H2,1-4H3. The van der Waals surface area contributed by atoms with Crippen molar-refractivity contribution in [3.05, 3.63) is 15.6 Å². The van der Waals surface area contributed by atoms with Crippen LogP contribution >= 0.6 is 11.3 Å². The van der Waals surface area contributed by atoms with Crippen LogP contribution in [0.2, 0.25) is 0 Å². The van der Waals surface area contributed by atoms with Gasteiger partial charge >= 0.3 is 0 Å². The van der Waals surface area contributed by atoms with Gasteiger partial charge in [0, 0.05) is 18.5 Å². The fraction of sp³-hybridized carbons (Fsp3) is 0.769. The van der Waals surface area contributed by atoms with Gasteiger partial charge in [-0.1, -0.05) is 20.8 Å². The van der Waals surface area contributed by atoms with E-state index in [1.165, 1.54) is 17.0 Å². The van der Waals surface area contributed by atoms with Crippen LogP contribution in [0.1, 0.15) is 55.3 Å². The quantitative estimate of drug-likeness (QED) is 0.725. The van der Waals surface area contributed by atoms with Gasteiger partial charge in [0.05, 0.1) is 5.69 Å². The maximum absolute atomic E-state index is 5.45. The highest BCUT2D eigenvalue weighted by Gasteiger charge is 2.16. The van der Waals surface area contributed by atoms with Gasteiger partial charge in [0.1, 0.15) is 11.1 Å². The zero-order chi connectivity index (χ0) is 12.7. The number of hydrogen-bond acceptors (Lipinski definition) is 4. The Labute approximate surface area is 109 Å². The van der Waals surface area contributed by atoms with Crippen molar-refractivity contribution in [1.82, 2.24) is 10.3 Å². The Bertz CT molecular complexity index is 321. The Morgan fingerprint density at radius 1 is 1.35 bits per heavy atom. The molecule has 0 radical (unpaired) electrons. The predicted octanol–water partition coefficient (Wildman–Crippen LogP) is 3.30. The molecule has 1 rings (SSSR count). The molecule has 0 saturated heterocycles. The van der Waals surface area contributed by atoms with Crippen molar-refractivity contribution < 1.29 is 4.74 Å². The molecule has 0 aliphatic rings. The van der Waals surface area contributed by atoms with E-state index in [2.05, 4.69) is 26.1 Å². The lowest BCUT2D eigenvalue weighted by molar-refractivity contribution is 0.0997. The lowest BCUT2D eigenvalue weighted by Gasteiger charge is -2.08. The highest BCUT2D eigenvalue weighted by molar-refractivity contribution is 7.11. The first-order chi connectivity index (χ1) is 8.26. The fourth-order valence-electron chi connectivity index (χ4n) is 1.78. The Hall–Kier alpha value is -0.450. The maximum Gasteiger partial charge on any atom is 0.122 e. The molecule has 1 heterocycles. The zero-order valence-corrected chi connectivity index (χ0v) is 12.2. The van der Waals surface area contributed by atoms with E-state index in [0.29, 0.717) is 0 Å². The van der Waals surface area contributed by atoms with Crippen molar-refractivity contribution in [3.8, 4) is 0 Å². The van der Waals surface area contributed by atoms with Crippen LogP contribution in [0.15, 0.2) is 0 Å². The van der Waals surface area contributed by atoms with Crippen LogP contribution < -0.4 is 5.32 Å². The van der Waals surface area contributed by atoms with Crippen molar-refractivity contribution in [3.63, 3.8) is 0 Å². The fourth-order valence-corrected chi connectivity index (χ4v) is 3.06.